The highest BCUT2D eigenvalue weighted by Crippen LogP contribution is 2.28. The first-order chi connectivity index (χ1) is 13.0. The fraction of sp³-hybridized carbons (Fsp3) is 0.200. The van der Waals surface area contributed by atoms with Gasteiger partial charge in [0.05, 0.1) is 5.69 Å². The number of rotatable bonds is 5. The lowest BCUT2D eigenvalue weighted by Crippen LogP contribution is -2.36. The molecule has 1 N–H and O–H groups in total. The second-order valence-corrected chi connectivity index (χ2v) is 6.59. The van der Waals surface area contributed by atoms with Gasteiger partial charge in [0.25, 0.3) is 0 Å². The molecule has 0 spiro atoms. The lowest BCUT2D eigenvalue weighted by atomic mass is 10.1. The fourth-order valence-corrected chi connectivity index (χ4v) is 3.00. The number of aromatic amines is 1. The minimum atomic E-state index is -0.357. The van der Waals surface area contributed by atoms with E-state index in [1.807, 2.05) is 31.2 Å². The van der Waals surface area contributed by atoms with Crippen molar-refractivity contribution in [3.8, 4) is 11.3 Å². The summed E-state index contributed by atoms with van der Waals surface area (Å²) in [5, 5.41) is 7.77. The second-order valence-electron chi connectivity index (χ2n) is 6.16. The summed E-state index contributed by atoms with van der Waals surface area (Å²) in [5.74, 6) is -0.245. The third-order valence-corrected chi connectivity index (χ3v) is 4.52. The molecular weight excluding hydrogens is 364 g/mol. The van der Waals surface area contributed by atoms with Crippen LogP contribution in [0, 0.1) is 6.92 Å². The van der Waals surface area contributed by atoms with Gasteiger partial charge in [-0.1, -0.05) is 23.7 Å². The van der Waals surface area contributed by atoms with Crippen LogP contribution in [0.3, 0.4) is 0 Å². The van der Waals surface area contributed by atoms with Crippen molar-refractivity contribution in [2.75, 3.05) is 4.90 Å². The number of carbonyl (C=O) groups is 2. The number of imide groups is 1. The highest BCUT2D eigenvalue weighted by Gasteiger charge is 2.25. The molecule has 7 heteroatoms. The molecule has 0 fully saturated rings. The van der Waals surface area contributed by atoms with Crippen molar-refractivity contribution in [2.45, 2.75) is 26.7 Å². The van der Waals surface area contributed by atoms with E-state index in [4.69, 9.17) is 11.6 Å². The quantitative estimate of drug-likeness (QED) is 0.724. The molecule has 0 aliphatic carbocycles. The van der Waals surface area contributed by atoms with Crippen LogP contribution in [0.4, 0.5) is 5.82 Å². The van der Waals surface area contributed by atoms with Crippen molar-refractivity contribution in [1.29, 1.82) is 0 Å². The Bertz CT molecular complexity index is 952. The molecule has 3 rings (SSSR count). The Morgan fingerprint density at radius 3 is 2.41 bits per heavy atom. The zero-order chi connectivity index (χ0) is 19.4. The SMILES string of the molecule is CC(=O)N(C(=O)CCc1ccc(Cl)cc1)c1[nH]nc(-c2ccncc2)c1C. The van der Waals surface area contributed by atoms with E-state index in [0.717, 1.165) is 21.6 Å². The van der Waals surface area contributed by atoms with Gasteiger partial charge in [-0.05, 0) is 43.2 Å². The van der Waals surface area contributed by atoms with Crippen LogP contribution in [0.15, 0.2) is 48.8 Å². The molecule has 0 saturated heterocycles. The van der Waals surface area contributed by atoms with E-state index in [0.29, 0.717) is 23.0 Å². The van der Waals surface area contributed by atoms with Crippen molar-refractivity contribution in [2.24, 2.45) is 0 Å². The number of anilines is 1. The number of H-pyrrole nitrogens is 1. The summed E-state index contributed by atoms with van der Waals surface area (Å²) in [7, 11) is 0. The number of hydrogen-bond acceptors (Lipinski definition) is 4. The van der Waals surface area contributed by atoms with Crippen LogP contribution in [-0.4, -0.2) is 27.0 Å². The highest BCUT2D eigenvalue weighted by atomic mass is 35.5. The molecule has 0 bridgehead atoms. The van der Waals surface area contributed by atoms with Crippen molar-refractivity contribution >= 4 is 29.2 Å². The molecule has 2 amide bonds. The molecule has 0 aliphatic heterocycles. The highest BCUT2D eigenvalue weighted by molar-refractivity contribution is 6.30. The van der Waals surface area contributed by atoms with Gasteiger partial charge in [0, 0.05) is 41.9 Å². The van der Waals surface area contributed by atoms with Crippen LogP contribution >= 0.6 is 11.6 Å². The van der Waals surface area contributed by atoms with Crippen molar-refractivity contribution in [1.82, 2.24) is 15.2 Å². The summed E-state index contributed by atoms with van der Waals surface area (Å²) in [4.78, 5) is 30.1. The number of carbonyl (C=O) groups excluding carboxylic acids is 2. The molecule has 0 saturated carbocycles. The zero-order valence-corrected chi connectivity index (χ0v) is 15.8. The summed E-state index contributed by atoms with van der Waals surface area (Å²) >= 11 is 5.88. The number of halogens is 1. The maximum Gasteiger partial charge on any atom is 0.235 e. The van der Waals surface area contributed by atoms with Crippen LogP contribution in [0.5, 0.6) is 0 Å². The van der Waals surface area contributed by atoms with Gasteiger partial charge in [-0.2, -0.15) is 5.10 Å². The summed E-state index contributed by atoms with van der Waals surface area (Å²) < 4.78 is 0. The average molecular weight is 383 g/mol. The molecule has 6 nitrogen and oxygen atoms in total. The van der Waals surface area contributed by atoms with Gasteiger partial charge in [-0.25, -0.2) is 4.90 Å². The lowest BCUT2D eigenvalue weighted by molar-refractivity contribution is -0.125. The first-order valence-electron chi connectivity index (χ1n) is 8.50. The standard InChI is InChI=1S/C20H19ClN4O2/c1-13-19(16-9-11-22-12-10-16)23-24-20(13)25(14(2)26)18(27)8-5-15-3-6-17(21)7-4-15/h3-4,6-7,9-12H,5,8H2,1-2H3,(H,23,24). The van der Waals surface area contributed by atoms with E-state index < -0.39 is 0 Å². The molecule has 0 atom stereocenters. The Balaban J connectivity index is 1.81. The fourth-order valence-electron chi connectivity index (χ4n) is 2.87. The Hall–Kier alpha value is -2.99. The topological polar surface area (TPSA) is 79.0 Å². The van der Waals surface area contributed by atoms with Crippen LogP contribution < -0.4 is 4.90 Å². The van der Waals surface area contributed by atoms with Crippen LogP contribution in [0.2, 0.25) is 5.02 Å². The first kappa shape index (κ1) is 18.8. The molecule has 0 aliphatic rings. The number of hydrogen-bond donors (Lipinski definition) is 1. The van der Waals surface area contributed by atoms with Crippen molar-refractivity contribution in [3.05, 3.63) is 64.9 Å². The van der Waals surface area contributed by atoms with E-state index in [1.165, 1.54) is 6.92 Å². The number of benzene rings is 1. The average Bonchev–Trinajstić information content (AvgIpc) is 3.03. The number of aromatic nitrogens is 3. The second kappa shape index (κ2) is 8.14. The monoisotopic (exact) mass is 382 g/mol. The summed E-state index contributed by atoms with van der Waals surface area (Å²) in [5.41, 5.74) is 3.26. The third-order valence-electron chi connectivity index (χ3n) is 4.27. The number of nitrogens with one attached hydrogen (secondary N) is 1. The number of pyridine rings is 1. The Labute approximate surface area is 162 Å². The van der Waals surface area contributed by atoms with Crippen LogP contribution in [0.25, 0.3) is 11.3 Å². The van der Waals surface area contributed by atoms with E-state index in [2.05, 4.69) is 15.2 Å². The number of nitrogens with zero attached hydrogens (tertiary/aromatic N) is 3. The van der Waals surface area contributed by atoms with Gasteiger partial charge >= 0.3 is 0 Å². The first-order valence-corrected chi connectivity index (χ1v) is 8.88. The van der Waals surface area contributed by atoms with Crippen LogP contribution in [0.1, 0.15) is 24.5 Å². The molecule has 3 aromatic rings. The van der Waals surface area contributed by atoms with Gasteiger partial charge < -0.3 is 0 Å². The summed E-state index contributed by atoms with van der Waals surface area (Å²) in [6, 6.07) is 11.0. The molecular formula is C20H19ClN4O2. The maximum absolute atomic E-state index is 12.7. The predicted molar refractivity (Wildman–Crippen MR) is 104 cm³/mol. The molecule has 2 aromatic heterocycles. The van der Waals surface area contributed by atoms with Crippen LogP contribution in [-0.2, 0) is 16.0 Å². The Morgan fingerprint density at radius 2 is 1.78 bits per heavy atom. The smallest absolute Gasteiger partial charge is 0.235 e. The minimum absolute atomic E-state index is 0.199. The Morgan fingerprint density at radius 1 is 1.11 bits per heavy atom. The van der Waals surface area contributed by atoms with Crippen molar-refractivity contribution in [3.63, 3.8) is 0 Å². The van der Waals surface area contributed by atoms with Gasteiger partial charge in [0.2, 0.25) is 11.8 Å². The third kappa shape index (κ3) is 4.23. The van der Waals surface area contributed by atoms with E-state index in [1.54, 1.807) is 24.5 Å². The van der Waals surface area contributed by atoms with Gasteiger partial charge in [-0.3, -0.25) is 19.7 Å². The van der Waals surface area contributed by atoms with Crippen molar-refractivity contribution < 1.29 is 9.59 Å². The molecule has 0 unspecified atom stereocenters. The Kier molecular flexibility index (Phi) is 5.66. The molecule has 27 heavy (non-hydrogen) atoms. The van der Waals surface area contributed by atoms with E-state index in [9.17, 15) is 9.59 Å². The van der Waals surface area contributed by atoms with Gasteiger partial charge in [-0.15, -0.1) is 0 Å². The van der Waals surface area contributed by atoms with Gasteiger partial charge in [0.1, 0.15) is 5.82 Å². The molecule has 0 radical (unpaired) electrons. The molecule has 2 heterocycles. The normalized spacial score (nSPS) is 10.6. The maximum atomic E-state index is 12.7. The van der Waals surface area contributed by atoms with E-state index >= 15 is 0 Å². The lowest BCUT2D eigenvalue weighted by Gasteiger charge is -2.18. The summed E-state index contributed by atoms with van der Waals surface area (Å²) in [6.45, 7) is 3.20. The summed E-state index contributed by atoms with van der Waals surface area (Å²) in [6.07, 6.45) is 4.06. The van der Waals surface area contributed by atoms with E-state index in [-0.39, 0.29) is 18.2 Å². The predicted octanol–water partition coefficient (Wildman–Crippen LogP) is 3.95. The zero-order valence-electron chi connectivity index (χ0n) is 15.1. The largest absolute Gasteiger partial charge is 0.274 e. The molecule has 138 valence electrons. The molecule has 1 aromatic carbocycles. The number of aryl methyl sites for hydroxylation is 1. The number of amides is 2. The van der Waals surface area contributed by atoms with Gasteiger partial charge in [0.15, 0.2) is 0 Å². The minimum Gasteiger partial charge on any atom is -0.274 e.